The van der Waals surface area contributed by atoms with E-state index < -0.39 is 5.97 Å². The number of hydrogen-bond donors (Lipinski definition) is 1. The van der Waals surface area contributed by atoms with Gasteiger partial charge in [0, 0.05) is 13.1 Å². The maximum atomic E-state index is 11.7. The average Bonchev–Trinajstić information content (AvgIpc) is 2.75. The van der Waals surface area contributed by atoms with Crippen molar-refractivity contribution >= 4 is 11.7 Å². The number of para-hydroxylation sites is 1. The number of unbranched alkanes of at least 4 members (excludes halogenated alkanes) is 3. The summed E-state index contributed by atoms with van der Waals surface area (Å²) in [6.07, 6.45) is 15.0. The van der Waals surface area contributed by atoms with Crippen molar-refractivity contribution in [1.82, 2.24) is 0 Å². The van der Waals surface area contributed by atoms with Crippen molar-refractivity contribution in [1.29, 1.82) is 5.26 Å². The van der Waals surface area contributed by atoms with Crippen LogP contribution in [0.5, 0.6) is 0 Å². The highest BCUT2D eigenvalue weighted by atomic mass is 16.5. The second kappa shape index (κ2) is 12.5. The van der Waals surface area contributed by atoms with Gasteiger partial charge in [0.1, 0.15) is 11.8 Å². The molecule has 0 atom stereocenters. The molecule has 0 unspecified atom stereocenters. The molecule has 0 radical (unpaired) electrons. The lowest BCUT2D eigenvalue weighted by atomic mass is 10.0. The van der Waals surface area contributed by atoms with Crippen LogP contribution in [0.15, 0.2) is 54.8 Å². The molecule has 0 spiro atoms. The number of hydrogen-bond acceptors (Lipinski definition) is 4. The maximum absolute atomic E-state index is 11.7. The number of benzene rings is 1. The van der Waals surface area contributed by atoms with Crippen LogP contribution in [0.2, 0.25) is 0 Å². The third kappa shape index (κ3) is 7.15. The van der Waals surface area contributed by atoms with E-state index in [1.54, 1.807) is 18.2 Å². The summed E-state index contributed by atoms with van der Waals surface area (Å²) in [6.45, 7) is 5.84. The van der Waals surface area contributed by atoms with Crippen molar-refractivity contribution < 1.29 is 14.6 Å². The normalized spacial score (nSPS) is 12.7. The first-order valence-electron chi connectivity index (χ1n) is 10.3. The van der Waals surface area contributed by atoms with Crippen molar-refractivity contribution in [2.75, 3.05) is 24.6 Å². The van der Waals surface area contributed by atoms with Gasteiger partial charge in [0.2, 0.25) is 0 Å². The van der Waals surface area contributed by atoms with Crippen LogP contribution in [-0.2, 0) is 4.74 Å². The fourth-order valence-corrected chi connectivity index (χ4v) is 3.37. The topological polar surface area (TPSA) is 73.6 Å². The molecule has 1 aromatic rings. The first-order chi connectivity index (χ1) is 14.2. The number of anilines is 1. The molecule has 154 valence electrons. The van der Waals surface area contributed by atoms with Crippen LogP contribution in [0.4, 0.5) is 5.69 Å². The van der Waals surface area contributed by atoms with Crippen LogP contribution in [0.1, 0.15) is 60.9 Å². The van der Waals surface area contributed by atoms with Gasteiger partial charge >= 0.3 is 5.97 Å². The number of allylic oxidation sites excluding steroid dienone is 3. The van der Waals surface area contributed by atoms with Crippen molar-refractivity contribution in [2.24, 2.45) is 0 Å². The summed E-state index contributed by atoms with van der Waals surface area (Å²) in [5.41, 5.74) is 1.09. The molecule has 1 aliphatic carbocycles. The Labute approximate surface area is 173 Å². The van der Waals surface area contributed by atoms with Gasteiger partial charge in [0.05, 0.1) is 23.4 Å². The summed E-state index contributed by atoms with van der Waals surface area (Å²) in [7, 11) is 0. The van der Waals surface area contributed by atoms with Crippen molar-refractivity contribution in [3.05, 3.63) is 66.0 Å². The molecule has 2 rings (SSSR count). The maximum Gasteiger partial charge on any atom is 0.337 e. The standard InChI is InChI=1S/C24H30N2O3/c1-2-3-16-26(23-20(19-25)12-11-15-22(23)24(27)28)17-9-4-5-10-18-29-21-13-7-6-8-14-21/h2,7,11-15H,1,3-6,8-10,16-18H2,(H,27,28). The Hall–Kier alpha value is -3.00. The summed E-state index contributed by atoms with van der Waals surface area (Å²) < 4.78 is 5.76. The predicted octanol–water partition coefficient (Wildman–Crippen LogP) is 5.45. The first kappa shape index (κ1) is 22.3. The number of carbonyl (C=O) groups is 1. The van der Waals surface area contributed by atoms with Crippen molar-refractivity contribution in [2.45, 2.75) is 44.9 Å². The predicted molar refractivity (Wildman–Crippen MR) is 116 cm³/mol. The Kier molecular flexibility index (Phi) is 9.57. The average molecular weight is 395 g/mol. The monoisotopic (exact) mass is 394 g/mol. The Morgan fingerprint density at radius 1 is 1.24 bits per heavy atom. The Morgan fingerprint density at radius 3 is 2.76 bits per heavy atom. The number of nitrogens with zero attached hydrogens (tertiary/aromatic N) is 2. The summed E-state index contributed by atoms with van der Waals surface area (Å²) in [6, 6.07) is 6.99. The molecule has 1 N–H and O–H groups in total. The Morgan fingerprint density at radius 2 is 2.07 bits per heavy atom. The number of rotatable bonds is 13. The van der Waals surface area contributed by atoms with E-state index >= 15 is 0 Å². The minimum absolute atomic E-state index is 0.176. The van der Waals surface area contributed by atoms with Gasteiger partial charge in [-0.3, -0.25) is 0 Å². The molecule has 5 heteroatoms. The van der Waals surface area contributed by atoms with Crippen LogP contribution >= 0.6 is 0 Å². The molecular formula is C24H30N2O3. The van der Waals surface area contributed by atoms with Crippen LogP contribution in [0.3, 0.4) is 0 Å². The number of nitriles is 1. The van der Waals surface area contributed by atoms with Gasteiger partial charge in [-0.2, -0.15) is 5.26 Å². The van der Waals surface area contributed by atoms with E-state index in [0.717, 1.165) is 57.3 Å². The van der Waals surface area contributed by atoms with Gasteiger partial charge in [-0.25, -0.2) is 4.79 Å². The minimum atomic E-state index is -1.01. The zero-order valence-corrected chi connectivity index (χ0v) is 17.0. The molecule has 0 bridgehead atoms. The molecule has 0 aromatic heterocycles. The summed E-state index contributed by atoms with van der Waals surface area (Å²) >= 11 is 0. The molecule has 1 aromatic carbocycles. The molecular weight excluding hydrogens is 364 g/mol. The van der Waals surface area contributed by atoms with E-state index in [1.807, 2.05) is 17.1 Å². The quantitative estimate of drug-likeness (QED) is 0.356. The van der Waals surface area contributed by atoms with Gasteiger partial charge in [0.25, 0.3) is 0 Å². The summed E-state index contributed by atoms with van der Waals surface area (Å²) in [4.78, 5) is 13.7. The van der Waals surface area contributed by atoms with E-state index in [1.165, 1.54) is 0 Å². The van der Waals surface area contributed by atoms with E-state index in [2.05, 4.69) is 24.8 Å². The smallest absolute Gasteiger partial charge is 0.337 e. The van der Waals surface area contributed by atoms with E-state index in [-0.39, 0.29) is 5.56 Å². The number of aromatic carboxylic acids is 1. The molecule has 0 heterocycles. The second-order valence-electron chi connectivity index (χ2n) is 7.03. The molecule has 29 heavy (non-hydrogen) atoms. The Bertz CT molecular complexity index is 790. The van der Waals surface area contributed by atoms with Gasteiger partial charge in [-0.15, -0.1) is 6.58 Å². The molecule has 0 aliphatic heterocycles. The molecule has 1 aliphatic rings. The molecule has 0 saturated carbocycles. The van der Waals surface area contributed by atoms with E-state index in [0.29, 0.717) is 24.3 Å². The van der Waals surface area contributed by atoms with Crippen molar-refractivity contribution in [3.8, 4) is 6.07 Å². The fraction of sp³-hybridized carbons (Fsp3) is 0.417. The van der Waals surface area contributed by atoms with Crippen LogP contribution in [0, 0.1) is 11.3 Å². The molecule has 0 fully saturated rings. The van der Waals surface area contributed by atoms with Gasteiger partial charge in [-0.1, -0.05) is 31.1 Å². The SMILES string of the molecule is C=CCCN(CCCCCCOC1=CCCC=C1)c1c(C#N)cccc1C(=O)O. The molecule has 5 nitrogen and oxygen atoms in total. The lowest BCUT2D eigenvalue weighted by Gasteiger charge is -2.27. The third-order valence-corrected chi connectivity index (χ3v) is 4.86. The van der Waals surface area contributed by atoms with E-state index in [4.69, 9.17) is 4.74 Å². The van der Waals surface area contributed by atoms with Gasteiger partial charge < -0.3 is 14.7 Å². The van der Waals surface area contributed by atoms with Crippen LogP contribution < -0.4 is 4.90 Å². The second-order valence-corrected chi connectivity index (χ2v) is 7.03. The van der Waals surface area contributed by atoms with Crippen LogP contribution in [0.25, 0.3) is 0 Å². The largest absolute Gasteiger partial charge is 0.494 e. The Balaban J connectivity index is 1.87. The first-order valence-corrected chi connectivity index (χ1v) is 10.3. The minimum Gasteiger partial charge on any atom is -0.494 e. The number of carboxylic acid groups (broad SMARTS) is 1. The highest BCUT2D eigenvalue weighted by Gasteiger charge is 2.19. The summed E-state index contributed by atoms with van der Waals surface area (Å²) in [5, 5.41) is 19.0. The van der Waals surface area contributed by atoms with Gasteiger partial charge in [0.15, 0.2) is 0 Å². The zero-order chi connectivity index (χ0) is 20.9. The summed E-state index contributed by atoms with van der Waals surface area (Å²) in [5.74, 6) is -0.0370. The molecule has 0 saturated heterocycles. The highest BCUT2D eigenvalue weighted by molar-refractivity contribution is 5.96. The lowest BCUT2D eigenvalue weighted by Crippen LogP contribution is -2.28. The lowest BCUT2D eigenvalue weighted by molar-refractivity contribution is 0.0697. The number of carboxylic acids is 1. The molecule has 0 amide bonds. The fourth-order valence-electron chi connectivity index (χ4n) is 3.37. The van der Waals surface area contributed by atoms with Crippen molar-refractivity contribution in [3.63, 3.8) is 0 Å². The highest BCUT2D eigenvalue weighted by Crippen LogP contribution is 2.26. The number of ether oxygens (including phenoxy) is 1. The van der Waals surface area contributed by atoms with E-state index in [9.17, 15) is 15.2 Å². The van der Waals surface area contributed by atoms with Crippen LogP contribution in [-0.4, -0.2) is 30.8 Å². The van der Waals surface area contributed by atoms with Gasteiger partial charge in [-0.05, 0) is 56.4 Å². The third-order valence-electron chi connectivity index (χ3n) is 4.86. The zero-order valence-electron chi connectivity index (χ0n) is 17.0.